The molecule has 0 rings (SSSR count). The molecule has 0 fully saturated rings. The van der Waals surface area contributed by atoms with E-state index in [2.05, 4.69) is 0 Å². The van der Waals surface area contributed by atoms with Crippen molar-refractivity contribution in [3.8, 4) is 0 Å². The fourth-order valence-electron chi connectivity index (χ4n) is 0.0577. The average Bonchev–Trinajstić information content (AvgIpc) is 1.65. The Hall–Kier alpha value is 4.88. The second-order valence-electron chi connectivity index (χ2n) is 1.02. The van der Waals surface area contributed by atoms with Crippen LogP contribution < -0.4 is 0 Å². The standard InChI is InChI=1S/C3H8O3.5Na/c4-1-3(6)2-5;;;;;/h3-6H,1-2H2;;;;;. The van der Waals surface area contributed by atoms with Gasteiger partial charge in [-0.05, 0) is 0 Å². The summed E-state index contributed by atoms with van der Waals surface area (Å²) in [5.74, 6) is 0. The summed E-state index contributed by atoms with van der Waals surface area (Å²) in [7, 11) is 0. The van der Waals surface area contributed by atoms with E-state index in [1.807, 2.05) is 0 Å². The van der Waals surface area contributed by atoms with Gasteiger partial charge in [0, 0.05) is 148 Å². The van der Waals surface area contributed by atoms with Gasteiger partial charge >= 0.3 is 0 Å². The zero-order chi connectivity index (χ0) is 4.99. The second kappa shape index (κ2) is 29.4. The molecule has 0 spiro atoms. The minimum Gasteiger partial charge on any atom is -0.394 e. The van der Waals surface area contributed by atoms with Crippen LogP contribution in [0, 0.1) is 0 Å². The number of rotatable bonds is 2. The summed E-state index contributed by atoms with van der Waals surface area (Å²) in [5, 5.41) is 24.0. The van der Waals surface area contributed by atoms with Crippen molar-refractivity contribution in [2.45, 2.75) is 6.10 Å². The Morgan fingerprint density at radius 1 is 0.727 bits per heavy atom. The number of hydrogen-bond acceptors (Lipinski definition) is 3. The van der Waals surface area contributed by atoms with E-state index in [0.29, 0.717) is 0 Å². The van der Waals surface area contributed by atoms with Crippen LogP contribution >= 0.6 is 0 Å². The first kappa shape index (κ1) is 36.0. The van der Waals surface area contributed by atoms with Gasteiger partial charge in [0.1, 0.15) is 6.10 Å². The van der Waals surface area contributed by atoms with E-state index in [-0.39, 0.29) is 161 Å². The summed E-state index contributed by atoms with van der Waals surface area (Å²) in [5.41, 5.74) is 0. The molecule has 0 aliphatic heterocycles. The molecule has 0 saturated heterocycles. The summed E-state index contributed by atoms with van der Waals surface area (Å²) >= 11 is 0. The van der Waals surface area contributed by atoms with Gasteiger partial charge < -0.3 is 15.3 Å². The summed E-state index contributed by atoms with van der Waals surface area (Å²) < 4.78 is 0. The molecular formula is C3H8Na5O3. The molecule has 0 aliphatic carbocycles. The van der Waals surface area contributed by atoms with Crippen molar-refractivity contribution in [3.05, 3.63) is 0 Å². The van der Waals surface area contributed by atoms with E-state index in [1.165, 1.54) is 0 Å². The molecule has 0 aromatic rings. The van der Waals surface area contributed by atoms with Gasteiger partial charge in [-0.2, -0.15) is 0 Å². The molecule has 11 heavy (non-hydrogen) atoms. The summed E-state index contributed by atoms with van der Waals surface area (Å²) in [6.07, 6.45) is -0.954. The predicted octanol–water partition coefficient (Wildman–Crippen LogP) is -3.57. The van der Waals surface area contributed by atoms with Crippen LogP contribution in [0.1, 0.15) is 0 Å². The average molecular weight is 207 g/mol. The van der Waals surface area contributed by atoms with Gasteiger partial charge in [0.15, 0.2) is 0 Å². The smallest absolute Gasteiger partial charge is 0.100 e. The van der Waals surface area contributed by atoms with Crippen LogP contribution in [0.5, 0.6) is 0 Å². The number of aliphatic hydroxyl groups excluding tert-OH is 3. The molecule has 5 radical (unpaired) electrons. The van der Waals surface area contributed by atoms with Gasteiger partial charge in [-0.1, -0.05) is 0 Å². The normalized spacial score (nSPS) is 5.45. The van der Waals surface area contributed by atoms with Crippen LogP contribution in [0.25, 0.3) is 0 Å². The maximum atomic E-state index is 8.17. The van der Waals surface area contributed by atoms with E-state index in [9.17, 15) is 0 Å². The Kier molecular flexibility index (Phi) is 96.2. The largest absolute Gasteiger partial charge is 0.394 e. The zero-order valence-corrected chi connectivity index (χ0v) is 18.3. The molecule has 0 aromatic heterocycles. The van der Waals surface area contributed by atoms with Crippen molar-refractivity contribution in [3.63, 3.8) is 0 Å². The van der Waals surface area contributed by atoms with Crippen molar-refractivity contribution >= 4 is 148 Å². The number of aliphatic hydroxyl groups is 3. The molecule has 8 heteroatoms. The third-order valence-electron chi connectivity index (χ3n) is 0.421. The van der Waals surface area contributed by atoms with Gasteiger partial charge in [0.25, 0.3) is 0 Å². The molecule has 43 valence electrons. The van der Waals surface area contributed by atoms with Crippen molar-refractivity contribution < 1.29 is 15.3 Å². The van der Waals surface area contributed by atoms with Crippen molar-refractivity contribution in [1.82, 2.24) is 0 Å². The number of hydrogen-bond donors (Lipinski definition) is 3. The van der Waals surface area contributed by atoms with Gasteiger partial charge in [-0.3, -0.25) is 0 Å². The molecule has 0 bridgehead atoms. The van der Waals surface area contributed by atoms with E-state index < -0.39 is 6.10 Å². The third-order valence-corrected chi connectivity index (χ3v) is 0.421. The van der Waals surface area contributed by atoms with E-state index in [0.717, 1.165) is 0 Å². The first-order chi connectivity index (χ1) is 2.81. The minimum absolute atomic E-state index is 0. The maximum absolute atomic E-state index is 8.17. The molecule has 0 saturated carbocycles. The Labute approximate surface area is 178 Å². The SMILES string of the molecule is OCC(O)CO.[Na].[Na].[Na].[Na].[Na]. The topological polar surface area (TPSA) is 60.7 Å². The Morgan fingerprint density at radius 2 is 0.909 bits per heavy atom. The van der Waals surface area contributed by atoms with E-state index in [1.54, 1.807) is 0 Å². The monoisotopic (exact) mass is 207 g/mol. The van der Waals surface area contributed by atoms with Crippen LogP contribution in [0.2, 0.25) is 0 Å². The van der Waals surface area contributed by atoms with E-state index in [4.69, 9.17) is 15.3 Å². The molecule has 0 heterocycles. The maximum Gasteiger partial charge on any atom is 0.100 e. The Morgan fingerprint density at radius 3 is 0.909 bits per heavy atom. The van der Waals surface area contributed by atoms with Crippen molar-refractivity contribution in [2.75, 3.05) is 13.2 Å². The van der Waals surface area contributed by atoms with Gasteiger partial charge in [-0.25, -0.2) is 0 Å². The molecule has 0 aromatic carbocycles. The van der Waals surface area contributed by atoms with Crippen LogP contribution in [0.3, 0.4) is 0 Å². The van der Waals surface area contributed by atoms with Gasteiger partial charge in [0.05, 0.1) is 13.2 Å². The Bertz CT molecular complexity index is 36.2. The summed E-state index contributed by atoms with van der Waals surface area (Å²) in [4.78, 5) is 0. The quantitative estimate of drug-likeness (QED) is 0.410. The second-order valence-corrected chi connectivity index (χ2v) is 1.02. The van der Waals surface area contributed by atoms with Crippen molar-refractivity contribution in [2.24, 2.45) is 0 Å². The summed E-state index contributed by atoms with van der Waals surface area (Å²) in [6, 6.07) is 0. The van der Waals surface area contributed by atoms with Crippen LogP contribution in [-0.2, 0) is 0 Å². The van der Waals surface area contributed by atoms with Crippen LogP contribution in [0.4, 0.5) is 0 Å². The van der Waals surface area contributed by atoms with E-state index >= 15 is 0 Å². The fourth-order valence-corrected chi connectivity index (χ4v) is 0.0577. The fraction of sp³-hybridized carbons (Fsp3) is 1.00. The molecule has 0 unspecified atom stereocenters. The molecule has 3 N–H and O–H groups in total. The van der Waals surface area contributed by atoms with Gasteiger partial charge in [0.2, 0.25) is 0 Å². The molecule has 0 aliphatic rings. The first-order valence-electron chi connectivity index (χ1n) is 1.71. The molecule has 0 amide bonds. The molecule has 3 nitrogen and oxygen atoms in total. The zero-order valence-electron chi connectivity index (χ0n) is 8.33. The third kappa shape index (κ3) is 31.3. The molecule has 0 atom stereocenters. The van der Waals surface area contributed by atoms with Crippen LogP contribution in [0.15, 0.2) is 0 Å². The Balaban J connectivity index is -0.0000000125. The molecular weight excluding hydrogens is 199 g/mol. The van der Waals surface area contributed by atoms with Gasteiger partial charge in [-0.15, -0.1) is 0 Å². The first-order valence-corrected chi connectivity index (χ1v) is 1.71. The summed E-state index contributed by atoms with van der Waals surface area (Å²) in [6.45, 7) is -0.729. The minimum atomic E-state index is -0.954. The predicted molar refractivity (Wildman–Crippen MR) is 48.9 cm³/mol. The van der Waals surface area contributed by atoms with Crippen LogP contribution in [-0.4, -0.2) is 182 Å². The van der Waals surface area contributed by atoms with Crippen molar-refractivity contribution in [1.29, 1.82) is 0 Å².